The Morgan fingerprint density at radius 3 is 2.43 bits per heavy atom. The molecule has 2 aromatic rings. The predicted molar refractivity (Wildman–Crippen MR) is 113 cm³/mol. The zero-order valence-corrected chi connectivity index (χ0v) is 17.5. The second-order valence-corrected chi connectivity index (χ2v) is 9.45. The zero-order valence-electron chi connectivity index (χ0n) is 16.7. The highest BCUT2D eigenvalue weighted by molar-refractivity contribution is 7.89. The molecule has 0 aliphatic carbocycles. The van der Waals surface area contributed by atoms with Gasteiger partial charge in [-0.1, -0.05) is 30.3 Å². The Morgan fingerprint density at radius 2 is 1.67 bits per heavy atom. The number of nitriles is 1. The standard InChI is InChI=1S/C22H24N4O3S/c23-16-19-7-2-4-10-21(19)30(28,29)26-14-12-24(13-15-26)22(27)17-25-11-5-8-18-6-1-3-9-20(18)25/h1-4,6-7,9-10H,5,8,11-15,17H2. The first kappa shape index (κ1) is 20.4. The average Bonchev–Trinajstić information content (AvgIpc) is 2.79. The van der Waals surface area contributed by atoms with Crippen LogP contribution in [0.1, 0.15) is 17.5 Å². The Labute approximate surface area is 177 Å². The van der Waals surface area contributed by atoms with Crippen LogP contribution in [0.3, 0.4) is 0 Å². The van der Waals surface area contributed by atoms with Crippen molar-refractivity contribution in [1.29, 1.82) is 5.26 Å². The number of anilines is 1. The molecular formula is C22H24N4O3S. The van der Waals surface area contributed by atoms with E-state index >= 15 is 0 Å². The summed E-state index contributed by atoms with van der Waals surface area (Å²) >= 11 is 0. The quantitative estimate of drug-likeness (QED) is 0.748. The summed E-state index contributed by atoms with van der Waals surface area (Å²) in [5, 5.41) is 9.23. The molecule has 0 atom stereocenters. The molecule has 0 saturated carbocycles. The van der Waals surface area contributed by atoms with Crippen molar-refractivity contribution in [3.63, 3.8) is 0 Å². The lowest BCUT2D eigenvalue weighted by molar-refractivity contribution is -0.130. The van der Waals surface area contributed by atoms with Gasteiger partial charge in [-0.2, -0.15) is 9.57 Å². The molecule has 4 rings (SSSR count). The van der Waals surface area contributed by atoms with Crippen molar-refractivity contribution in [2.45, 2.75) is 17.7 Å². The number of carbonyl (C=O) groups excluding carboxylic acids is 1. The van der Waals surface area contributed by atoms with Crippen LogP contribution in [-0.4, -0.2) is 62.8 Å². The first-order chi connectivity index (χ1) is 14.5. The van der Waals surface area contributed by atoms with Crippen molar-refractivity contribution in [2.75, 3.05) is 44.2 Å². The third-order valence-electron chi connectivity index (χ3n) is 5.75. The summed E-state index contributed by atoms with van der Waals surface area (Å²) in [6.45, 7) is 2.31. The summed E-state index contributed by atoms with van der Waals surface area (Å²) in [5.74, 6) is 0.0150. The van der Waals surface area contributed by atoms with Gasteiger partial charge >= 0.3 is 0 Å². The Kier molecular flexibility index (Phi) is 5.75. The van der Waals surface area contributed by atoms with Crippen LogP contribution in [0.2, 0.25) is 0 Å². The SMILES string of the molecule is N#Cc1ccccc1S(=O)(=O)N1CCN(C(=O)CN2CCCc3ccccc32)CC1. The van der Waals surface area contributed by atoms with E-state index in [1.54, 1.807) is 17.0 Å². The van der Waals surface area contributed by atoms with Crippen molar-refractivity contribution in [1.82, 2.24) is 9.21 Å². The van der Waals surface area contributed by atoms with Crippen LogP contribution in [0.25, 0.3) is 0 Å². The fraction of sp³-hybridized carbons (Fsp3) is 0.364. The van der Waals surface area contributed by atoms with Crippen molar-refractivity contribution in [3.05, 3.63) is 59.7 Å². The molecule has 7 nitrogen and oxygen atoms in total. The molecule has 1 amide bonds. The van der Waals surface area contributed by atoms with Crippen LogP contribution in [0.5, 0.6) is 0 Å². The van der Waals surface area contributed by atoms with E-state index < -0.39 is 10.0 Å². The zero-order chi connectivity index (χ0) is 21.1. The molecule has 156 valence electrons. The molecule has 0 radical (unpaired) electrons. The number of benzene rings is 2. The molecule has 2 aliphatic heterocycles. The fourth-order valence-corrected chi connectivity index (χ4v) is 5.70. The van der Waals surface area contributed by atoms with Gasteiger partial charge in [0.05, 0.1) is 17.0 Å². The number of hydrogen-bond donors (Lipinski definition) is 0. The van der Waals surface area contributed by atoms with Gasteiger partial charge in [0.2, 0.25) is 15.9 Å². The Hall–Kier alpha value is -2.89. The topological polar surface area (TPSA) is 84.7 Å². The number of rotatable bonds is 4. The maximum absolute atomic E-state index is 13.0. The van der Waals surface area contributed by atoms with Gasteiger partial charge in [-0.15, -0.1) is 0 Å². The van der Waals surface area contributed by atoms with E-state index in [9.17, 15) is 18.5 Å². The molecule has 0 bridgehead atoms. The highest BCUT2D eigenvalue weighted by Crippen LogP contribution is 2.27. The molecule has 0 aromatic heterocycles. The number of aryl methyl sites for hydroxylation is 1. The van der Waals surface area contributed by atoms with E-state index in [2.05, 4.69) is 17.0 Å². The number of piperazine rings is 1. The van der Waals surface area contributed by atoms with Crippen LogP contribution in [-0.2, 0) is 21.2 Å². The second-order valence-electron chi connectivity index (χ2n) is 7.55. The van der Waals surface area contributed by atoms with E-state index in [0.29, 0.717) is 19.6 Å². The summed E-state index contributed by atoms with van der Waals surface area (Å²) < 4.78 is 27.3. The molecule has 0 unspecified atom stereocenters. The minimum atomic E-state index is -3.76. The van der Waals surface area contributed by atoms with E-state index in [-0.39, 0.29) is 29.5 Å². The van der Waals surface area contributed by atoms with Crippen molar-refractivity contribution in [2.24, 2.45) is 0 Å². The summed E-state index contributed by atoms with van der Waals surface area (Å²) in [6, 6.07) is 16.3. The molecule has 0 N–H and O–H groups in total. The van der Waals surface area contributed by atoms with Gasteiger partial charge in [-0.05, 0) is 36.6 Å². The van der Waals surface area contributed by atoms with E-state index in [0.717, 1.165) is 25.1 Å². The molecule has 2 aliphatic rings. The minimum Gasteiger partial charge on any atom is -0.362 e. The lowest BCUT2D eigenvalue weighted by atomic mass is 10.0. The third kappa shape index (κ3) is 3.91. The van der Waals surface area contributed by atoms with Gasteiger partial charge < -0.3 is 9.80 Å². The number of amides is 1. The predicted octanol–water partition coefficient (Wildman–Crippen LogP) is 1.84. The molecular weight excluding hydrogens is 400 g/mol. The highest BCUT2D eigenvalue weighted by Gasteiger charge is 2.32. The van der Waals surface area contributed by atoms with Crippen LogP contribution in [0.15, 0.2) is 53.4 Å². The summed E-state index contributed by atoms with van der Waals surface area (Å²) in [6.07, 6.45) is 2.05. The highest BCUT2D eigenvalue weighted by atomic mass is 32.2. The van der Waals surface area contributed by atoms with E-state index in [4.69, 9.17) is 0 Å². The number of sulfonamides is 1. The fourth-order valence-electron chi connectivity index (χ4n) is 4.14. The Bertz CT molecular complexity index is 1090. The molecule has 0 spiro atoms. The summed E-state index contributed by atoms with van der Waals surface area (Å²) in [7, 11) is -3.76. The van der Waals surface area contributed by atoms with Crippen molar-refractivity contribution in [3.8, 4) is 6.07 Å². The van der Waals surface area contributed by atoms with E-state index in [1.807, 2.05) is 18.2 Å². The molecule has 1 fully saturated rings. The summed E-state index contributed by atoms with van der Waals surface area (Å²) in [4.78, 5) is 16.8. The largest absolute Gasteiger partial charge is 0.362 e. The number of carbonyl (C=O) groups is 1. The first-order valence-corrected chi connectivity index (χ1v) is 11.5. The lowest BCUT2D eigenvalue weighted by Gasteiger charge is -2.36. The molecule has 1 saturated heterocycles. The maximum atomic E-state index is 13.0. The minimum absolute atomic E-state index is 0.0150. The van der Waals surface area contributed by atoms with E-state index in [1.165, 1.54) is 22.0 Å². The number of nitrogens with zero attached hydrogens (tertiary/aromatic N) is 4. The lowest BCUT2D eigenvalue weighted by Crippen LogP contribution is -2.53. The molecule has 30 heavy (non-hydrogen) atoms. The monoisotopic (exact) mass is 424 g/mol. The van der Waals surface area contributed by atoms with Crippen LogP contribution in [0.4, 0.5) is 5.69 Å². The van der Waals surface area contributed by atoms with Gasteiger partial charge in [0.1, 0.15) is 6.07 Å². The third-order valence-corrected chi connectivity index (χ3v) is 7.71. The normalized spacial score (nSPS) is 17.3. The Morgan fingerprint density at radius 1 is 0.967 bits per heavy atom. The van der Waals surface area contributed by atoms with Gasteiger partial charge in [0, 0.05) is 38.4 Å². The van der Waals surface area contributed by atoms with Gasteiger partial charge in [0.25, 0.3) is 0 Å². The molecule has 2 aromatic carbocycles. The number of fused-ring (bicyclic) bond motifs is 1. The van der Waals surface area contributed by atoms with Crippen LogP contribution < -0.4 is 4.90 Å². The van der Waals surface area contributed by atoms with Crippen molar-refractivity contribution < 1.29 is 13.2 Å². The first-order valence-electron chi connectivity index (χ1n) is 10.1. The van der Waals surface area contributed by atoms with Crippen molar-refractivity contribution >= 4 is 21.6 Å². The van der Waals surface area contributed by atoms with Crippen LogP contribution >= 0.6 is 0 Å². The molecule has 8 heteroatoms. The Balaban J connectivity index is 1.40. The average molecular weight is 425 g/mol. The van der Waals surface area contributed by atoms with Crippen LogP contribution in [0, 0.1) is 11.3 Å². The van der Waals surface area contributed by atoms with Gasteiger partial charge in [0.15, 0.2) is 0 Å². The summed E-state index contributed by atoms with van der Waals surface area (Å²) in [5.41, 5.74) is 2.52. The second kappa shape index (κ2) is 8.46. The number of hydrogen-bond acceptors (Lipinski definition) is 5. The van der Waals surface area contributed by atoms with Gasteiger partial charge in [-0.25, -0.2) is 8.42 Å². The maximum Gasteiger partial charge on any atom is 0.244 e. The van der Waals surface area contributed by atoms with Gasteiger partial charge in [-0.3, -0.25) is 4.79 Å². The number of para-hydroxylation sites is 1. The smallest absolute Gasteiger partial charge is 0.244 e. The molecule has 2 heterocycles.